The van der Waals surface area contributed by atoms with E-state index in [1.807, 2.05) is 32.9 Å². The van der Waals surface area contributed by atoms with Gasteiger partial charge in [0, 0.05) is 24.2 Å². The van der Waals surface area contributed by atoms with Gasteiger partial charge in [-0.15, -0.1) is 0 Å². The van der Waals surface area contributed by atoms with E-state index in [0.29, 0.717) is 29.4 Å². The summed E-state index contributed by atoms with van der Waals surface area (Å²) in [4.78, 5) is 12.5. The number of rotatable bonds is 7. The number of nitrogens with zero attached hydrogens (tertiary/aromatic N) is 2. The lowest BCUT2D eigenvalue weighted by molar-refractivity contribution is 0.0928. The van der Waals surface area contributed by atoms with Crippen molar-refractivity contribution in [2.45, 2.75) is 39.8 Å². The molecule has 6 heteroatoms. The van der Waals surface area contributed by atoms with Gasteiger partial charge in [0.25, 0.3) is 5.91 Å². The van der Waals surface area contributed by atoms with Crippen molar-refractivity contribution in [1.29, 1.82) is 0 Å². The number of methoxy groups -OCH3 is 2. The summed E-state index contributed by atoms with van der Waals surface area (Å²) < 4.78 is 12.4. The molecule has 1 heterocycles. The normalized spacial score (nSPS) is 11.9. The van der Waals surface area contributed by atoms with Crippen LogP contribution in [0, 0.1) is 0 Å². The second-order valence-electron chi connectivity index (χ2n) is 5.58. The number of aromatic nitrogens is 2. The van der Waals surface area contributed by atoms with Crippen LogP contribution in [0.25, 0.3) is 11.3 Å². The highest BCUT2D eigenvalue weighted by molar-refractivity contribution is 5.94. The number of hydrogen-bond acceptors (Lipinski definition) is 4. The van der Waals surface area contributed by atoms with E-state index < -0.39 is 0 Å². The summed E-state index contributed by atoms with van der Waals surface area (Å²) in [5.74, 6) is 1.25. The Morgan fingerprint density at radius 2 is 2.00 bits per heavy atom. The number of hydrogen-bond donors (Lipinski definition) is 1. The number of carbonyl (C=O) groups excluding carboxylic acids is 1. The smallest absolute Gasteiger partial charge is 0.269 e. The molecule has 1 atom stereocenters. The lowest BCUT2D eigenvalue weighted by Gasteiger charge is -2.11. The van der Waals surface area contributed by atoms with Gasteiger partial charge >= 0.3 is 0 Å². The van der Waals surface area contributed by atoms with Crippen molar-refractivity contribution in [3.05, 3.63) is 30.0 Å². The second-order valence-corrected chi connectivity index (χ2v) is 5.58. The van der Waals surface area contributed by atoms with E-state index in [1.54, 1.807) is 31.0 Å². The van der Waals surface area contributed by atoms with E-state index in [1.165, 1.54) is 0 Å². The Bertz CT molecular complexity index is 710. The lowest BCUT2D eigenvalue weighted by atomic mass is 10.1. The van der Waals surface area contributed by atoms with Gasteiger partial charge < -0.3 is 14.8 Å². The van der Waals surface area contributed by atoms with Gasteiger partial charge in [-0.05, 0) is 38.5 Å². The first kappa shape index (κ1) is 17.8. The van der Waals surface area contributed by atoms with Gasteiger partial charge in [-0.2, -0.15) is 5.10 Å². The predicted molar refractivity (Wildman–Crippen MR) is 93.7 cm³/mol. The van der Waals surface area contributed by atoms with Crippen LogP contribution in [0.2, 0.25) is 0 Å². The minimum absolute atomic E-state index is 0.113. The summed E-state index contributed by atoms with van der Waals surface area (Å²) in [6.07, 6.45) is 0.880. The molecular weight excluding hydrogens is 306 g/mol. The van der Waals surface area contributed by atoms with Crippen molar-refractivity contribution in [2.75, 3.05) is 14.2 Å². The molecular formula is C18H25N3O3. The number of carbonyl (C=O) groups is 1. The zero-order chi connectivity index (χ0) is 17.7. The van der Waals surface area contributed by atoms with Gasteiger partial charge in [-0.25, -0.2) is 0 Å². The zero-order valence-corrected chi connectivity index (χ0v) is 14.9. The van der Waals surface area contributed by atoms with Gasteiger partial charge in [-0.1, -0.05) is 6.92 Å². The van der Waals surface area contributed by atoms with Crippen LogP contribution in [0.5, 0.6) is 11.5 Å². The zero-order valence-electron chi connectivity index (χ0n) is 14.9. The molecule has 0 radical (unpaired) electrons. The molecule has 1 aromatic heterocycles. The number of ether oxygens (including phenoxy) is 2. The Labute approximate surface area is 142 Å². The number of aryl methyl sites for hydroxylation is 1. The fourth-order valence-electron chi connectivity index (χ4n) is 2.38. The van der Waals surface area contributed by atoms with E-state index in [0.717, 1.165) is 12.0 Å². The van der Waals surface area contributed by atoms with Crippen molar-refractivity contribution in [3.63, 3.8) is 0 Å². The average Bonchev–Trinajstić information content (AvgIpc) is 3.05. The summed E-state index contributed by atoms with van der Waals surface area (Å²) >= 11 is 0. The Hall–Kier alpha value is -2.50. The topological polar surface area (TPSA) is 65.4 Å². The third-order valence-corrected chi connectivity index (χ3v) is 3.99. The van der Waals surface area contributed by atoms with Crippen molar-refractivity contribution < 1.29 is 14.3 Å². The van der Waals surface area contributed by atoms with Crippen molar-refractivity contribution in [1.82, 2.24) is 15.1 Å². The standard InChI is InChI=1S/C18H25N3O3/c1-6-12(3)19-18(22)16-11-15(20-21(16)7-2)14-9-8-13(23-4)10-17(14)24-5/h8-12H,6-7H2,1-5H3,(H,19,22). The fraction of sp³-hybridized carbons (Fsp3) is 0.444. The van der Waals surface area contributed by atoms with E-state index in [2.05, 4.69) is 10.4 Å². The highest BCUT2D eigenvalue weighted by Crippen LogP contribution is 2.32. The Morgan fingerprint density at radius 3 is 2.58 bits per heavy atom. The highest BCUT2D eigenvalue weighted by atomic mass is 16.5. The summed E-state index contributed by atoms with van der Waals surface area (Å²) in [6.45, 7) is 6.59. The van der Waals surface area contributed by atoms with Gasteiger partial charge in [0.2, 0.25) is 0 Å². The molecule has 0 fully saturated rings. The molecule has 2 rings (SSSR count). The van der Waals surface area contributed by atoms with Crippen molar-refractivity contribution in [3.8, 4) is 22.8 Å². The van der Waals surface area contributed by atoms with Crippen LogP contribution < -0.4 is 14.8 Å². The number of nitrogens with one attached hydrogen (secondary N) is 1. The summed E-state index contributed by atoms with van der Waals surface area (Å²) in [5.41, 5.74) is 2.07. The first-order valence-corrected chi connectivity index (χ1v) is 8.15. The second kappa shape index (κ2) is 7.86. The maximum Gasteiger partial charge on any atom is 0.269 e. The molecule has 0 aliphatic carbocycles. The molecule has 6 nitrogen and oxygen atoms in total. The van der Waals surface area contributed by atoms with Crippen LogP contribution in [0.4, 0.5) is 0 Å². The third-order valence-electron chi connectivity index (χ3n) is 3.99. The maximum atomic E-state index is 12.5. The van der Waals surface area contributed by atoms with E-state index >= 15 is 0 Å². The maximum absolute atomic E-state index is 12.5. The predicted octanol–water partition coefficient (Wildman–Crippen LogP) is 3.12. The Kier molecular flexibility index (Phi) is 5.84. The van der Waals surface area contributed by atoms with Gasteiger partial charge in [0.05, 0.1) is 19.9 Å². The monoisotopic (exact) mass is 331 g/mol. The third kappa shape index (κ3) is 3.69. The highest BCUT2D eigenvalue weighted by Gasteiger charge is 2.18. The van der Waals surface area contributed by atoms with Gasteiger partial charge in [0.15, 0.2) is 0 Å². The molecule has 0 saturated heterocycles. The molecule has 2 aromatic rings. The minimum Gasteiger partial charge on any atom is -0.497 e. The quantitative estimate of drug-likeness (QED) is 0.846. The molecule has 0 saturated carbocycles. The molecule has 1 unspecified atom stereocenters. The van der Waals surface area contributed by atoms with Crippen molar-refractivity contribution >= 4 is 5.91 Å². The molecule has 0 spiro atoms. The Morgan fingerprint density at radius 1 is 1.25 bits per heavy atom. The van der Waals surface area contributed by atoms with Gasteiger partial charge in [-0.3, -0.25) is 9.48 Å². The average molecular weight is 331 g/mol. The first-order valence-electron chi connectivity index (χ1n) is 8.15. The van der Waals surface area contributed by atoms with E-state index in [-0.39, 0.29) is 11.9 Å². The van der Waals surface area contributed by atoms with Crippen LogP contribution in [0.15, 0.2) is 24.3 Å². The molecule has 1 amide bonds. The van der Waals surface area contributed by atoms with Crippen LogP contribution in [0.3, 0.4) is 0 Å². The van der Waals surface area contributed by atoms with Crippen LogP contribution in [-0.2, 0) is 6.54 Å². The summed E-state index contributed by atoms with van der Waals surface area (Å²) in [7, 11) is 3.21. The first-order chi connectivity index (χ1) is 11.5. The fourth-order valence-corrected chi connectivity index (χ4v) is 2.38. The molecule has 1 aromatic carbocycles. The molecule has 0 aliphatic heterocycles. The molecule has 130 valence electrons. The van der Waals surface area contributed by atoms with Crippen LogP contribution in [-0.4, -0.2) is 35.9 Å². The Balaban J connectivity index is 2.41. The number of amides is 1. The molecule has 1 N–H and O–H groups in total. The van der Waals surface area contributed by atoms with Gasteiger partial charge in [0.1, 0.15) is 17.2 Å². The van der Waals surface area contributed by atoms with Crippen LogP contribution >= 0.6 is 0 Å². The number of benzene rings is 1. The summed E-state index contributed by atoms with van der Waals surface area (Å²) in [5, 5.41) is 7.53. The molecule has 0 aliphatic rings. The van der Waals surface area contributed by atoms with Crippen LogP contribution in [0.1, 0.15) is 37.7 Å². The summed E-state index contributed by atoms with van der Waals surface area (Å²) in [6, 6.07) is 7.46. The lowest BCUT2D eigenvalue weighted by Crippen LogP contribution is -2.33. The SMILES string of the molecule is CCC(C)NC(=O)c1cc(-c2ccc(OC)cc2OC)nn1CC. The molecule has 24 heavy (non-hydrogen) atoms. The molecule has 0 bridgehead atoms. The van der Waals surface area contributed by atoms with Crippen molar-refractivity contribution in [2.24, 2.45) is 0 Å². The minimum atomic E-state index is -0.113. The van der Waals surface area contributed by atoms with E-state index in [4.69, 9.17) is 9.47 Å². The van der Waals surface area contributed by atoms with E-state index in [9.17, 15) is 4.79 Å². The largest absolute Gasteiger partial charge is 0.497 e.